The Hall–Kier alpha value is -6.23. The molecule has 1 saturated heterocycles. The number of phenols is 1. The lowest BCUT2D eigenvalue weighted by molar-refractivity contribution is -0.139. The quantitative estimate of drug-likeness (QED) is 0.0901. The highest BCUT2D eigenvalue weighted by Crippen LogP contribution is 2.31. The molecule has 0 saturated carbocycles. The van der Waals surface area contributed by atoms with Gasteiger partial charge in [-0.2, -0.15) is 0 Å². The molecule has 1 aromatic heterocycles. The fourth-order valence-corrected chi connectivity index (χ4v) is 10.8. The number of carbonyl (C=O) groups is 9. The molecule has 0 aliphatic carbocycles. The summed E-state index contributed by atoms with van der Waals surface area (Å²) >= 11 is 0. The number of phenolic OH excluding ortho intramolecular Hbond substituents is 1. The molecule has 17 heteroatoms. The van der Waals surface area contributed by atoms with Crippen LogP contribution in [0.15, 0.2) is 54.7 Å². The van der Waals surface area contributed by atoms with E-state index in [0.717, 1.165) is 55.7 Å². The highest BCUT2D eigenvalue weighted by molar-refractivity contribution is 5.98. The topological polar surface area (TPSA) is 275 Å². The normalized spacial score (nSPS) is 25.4. The van der Waals surface area contributed by atoms with Crippen molar-refractivity contribution in [2.24, 2.45) is 46.2 Å². The maximum Gasteiger partial charge on any atom is 0.303 e. The van der Waals surface area contributed by atoms with Crippen LogP contribution in [0.1, 0.15) is 169 Å². The summed E-state index contributed by atoms with van der Waals surface area (Å²) in [7, 11) is 1.90. The summed E-state index contributed by atoms with van der Waals surface area (Å²) in [6.45, 7) is 15.5. The van der Waals surface area contributed by atoms with Gasteiger partial charge in [-0.1, -0.05) is 116 Å². The Kier molecular flexibility index (Phi) is 25.6. The first-order valence-corrected chi connectivity index (χ1v) is 28.7. The standard InChI is InChI=1S/C62H92N6O11/c1-39(2)29-45-33-52(70)41(5)65-58(77)46(32-49-48-20-16-15-19-44(48)37-64-49)34-53(71)51(31-42-21-24-47(69)25-22-42)67-57(76)43(23-26-56(74)75)35-55(73)61(6,7)27-17-13-11-10-12-14-18-28-68(9)38-62(8,60(63)79)36-54(72)50(30-40(3)4)66-59(45)78/h15-16,19-22,24-25,37,39-41,43,45-46,50-51,64,69H,10-14,17-18,23,26-36,38H2,1-9H3,(H2,63,79)(H,65,77)(H,66,78)(H,67,76)(H,74,75)/t41-,43+,45+,46+,50-,51-,62-/m0/s1. The second-order valence-corrected chi connectivity index (χ2v) is 24.4. The van der Waals surface area contributed by atoms with E-state index in [4.69, 9.17) is 5.73 Å². The van der Waals surface area contributed by atoms with Gasteiger partial charge in [0, 0.05) is 79.6 Å². The number of hydrogen-bond acceptors (Lipinski definition) is 11. The number of ketones is 4. The molecule has 4 rings (SSSR count). The van der Waals surface area contributed by atoms with E-state index in [0.29, 0.717) is 37.1 Å². The molecule has 2 heterocycles. The number of benzene rings is 2. The summed E-state index contributed by atoms with van der Waals surface area (Å²) in [5, 5.41) is 30.2. The molecule has 79 heavy (non-hydrogen) atoms. The number of aromatic hydroxyl groups is 1. The molecule has 1 aliphatic rings. The number of carbonyl (C=O) groups excluding carboxylic acids is 8. The average Bonchev–Trinajstić information content (AvgIpc) is 3.80. The number of Topliss-reactive ketones (excluding diaryl/α,β-unsaturated/α-hetero) is 4. The Morgan fingerprint density at radius 1 is 0.696 bits per heavy atom. The van der Waals surface area contributed by atoms with E-state index < -0.39 is 101 Å². The maximum atomic E-state index is 14.9. The minimum Gasteiger partial charge on any atom is -0.508 e. The molecule has 0 radical (unpaired) electrons. The molecule has 1 fully saturated rings. The summed E-state index contributed by atoms with van der Waals surface area (Å²) in [5.74, 6) is -8.24. The molecule has 2 aromatic carbocycles. The van der Waals surface area contributed by atoms with E-state index in [-0.39, 0.29) is 74.2 Å². The van der Waals surface area contributed by atoms with Crippen LogP contribution in [0.4, 0.5) is 0 Å². The van der Waals surface area contributed by atoms with E-state index in [9.17, 15) is 53.4 Å². The molecule has 0 spiro atoms. The van der Waals surface area contributed by atoms with Crippen molar-refractivity contribution in [1.82, 2.24) is 25.8 Å². The number of hydrogen-bond donors (Lipinski definition) is 7. The predicted octanol–water partition coefficient (Wildman–Crippen LogP) is 8.36. The van der Waals surface area contributed by atoms with Crippen LogP contribution in [0.3, 0.4) is 0 Å². The van der Waals surface area contributed by atoms with E-state index in [1.165, 1.54) is 19.1 Å². The van der Waals surface area contributed by atoms with Gasteiger partial charge in [0.1, 0.15) is 11.5 Å². The zero-order chi connectivity index (χ0) is 58.6. The number of nitrogens with zero attached hydrogens (tertiary/aromatic N) is 1. The SMILES string of the molecule is CC(C)C[C@@H]1CC(=O)[C@H](C)NC(=O)[C@H](Cc2[nH]cc3ccccc23)CC(=O)[C@H](Cc2ccc(O)cc2)NC(=O)[C@H](CCC(=O)O)CC(=O)C(C)(C)CCCCCCCCCN(C)C[C@@](C)(C(N)=O)CC(=O)[C@H](CC(C)C)NC1=O. The summed E-state index contributed by atoms with van der Waals surface area (Å²) in [6, 6.07) is 10.3. The fourth-order valence-electron chi connectivity index (χ4n) is 10.8. The van der Waals surface area contributed by atoms with Crippen molar-refractivity contribution >= 4 is 63.5 Å². The molecular weight excluding hydrogens is 1000 g/mol. The van der Waals surface area contributed by atoms with Crippen LogP contribution < -0.4 is 21.7 Å². The van der Waals surface area contributed by atoms with Crippen LogP contribution in [-0.4, -0.2) is 111 Å². The molecule has 8 N–H and O–H groups in total. The Labute approximate surface area is 468 Å². The number of carboxylic acid groups (broad SMARTS) is 1. The van der Waals surface area contributed by atoms with E-state index >= 15 is 0 Å². The third kappa shape index (κ3) is 21.4. The van der Waals surface area contributed by atoms with Crippen LogP contribution in [0.2, 0.25) is 0 Å². The van der Waals surface area contributed by atoms with Gasteiger partial charge >= 0.3 is 5.97 Å². The summed E-state index contributed by atoms with van der Waals surface area (Å²) in [5.41, 5.74) is 5.18. The van der Waals surface area contributed by atoms with Gasteiger partial charge in [-0.25, -0.2) is 0 Å². The Balaban J connectivity index is 1.74. The van der Waals surface area contributed by atoms with Gasteiger partial charge in [-0.05, 0) is 101 Å². The Morgan fingerprint density at radius 3 is 1.91 bits per heavy atom. The second kappa shape index (κ2) is 30.9. The van der Waals surface area contributed by atoms with Crippen LogP contribution >= 0.6 is 0 Å². The maximum absolute atomic E-state index is 14.9. The fraction of sp³-hybridized carbons (Fsp3) is 0.629. The van der Waals surface area contributed by atoms with Crippen molar-refractivity contribution in [1.29, 1.82) is 0 Å². The van der Waals surface area contributed by atoms with Gasteiger partial charge in [-0.3, -0.25) is 43.2 Å². The number of rotatable bonds is 12. The van der Waals surface area contributed by atoms with Crippen molar-refractivity contribution in [3.8, 4) is 5.75 Å². The monoisotopic (exact) mass is 1100 g/mol. The summed E-state index contributed by atoms with van der Waals surface area (Å²) in [4.78, 5) is 131. The smallest absolute Gasteiger partial charge is 0.303 e. The number of primary amides is 1. The average molecular weight is 1100 g/mol. The summed E-state index contributed by atoms with van der Waals surface area (Å²) in [6.07, 6.45) is 7.58. The van der Waals surface area contributed by atoms with Crippen molar-refractivity contribution in [3.05, 3.63) is 66.0 Å². The van der Waals surface area contributed by atoms with Crippen molar-refractivity contribution in [2.75, 3.05) is 20.1 Å². The van der Waals surface area contributed by atoms with Gasteiger partial charge in [0.25, 0.3) is 0 Å². The molecule has 1 aliphatic heterocycles. The van der Waals surface area contributed by atoms with Crippen LogP contribution in [0, 0.1) is 40.4 Å². The largest absolute Gasteiger partial charge is 0.508 e. The predicted molar refractivity (Wildman–Crippen MR) is 306 cm³/mol. The van der Waals surface area contributed by atoms with E-state index in [1.54, 1.807) is 25.3 Å². The summed E-state index contributed by atoms with van der Waals surface area (Å²) < 4.78 is 0. The first-order valence-electron chi connectivity index (χ1n) is 28.7. The number of amides is 4. The molecule has 436 valence electrons. The molecule has 7 atom stereocenters. The number of nitrogens with one attached hydrogen (secondary N) is 4. The number of fused-ring (bicyclic) bond motifs is 1. The van der Waals surface area contributed by atoms with Crippen LogP contribution in [0.25, 0.3) is 10.8 Å². The third-order valence-electron chi connectivity index (χ3n) is 15.8. The van der Waals surface area contributed by atoms with Crippen molar-refractivity contribution < 1.29 is 53.4 Å². The molecule has 0 bridgehead atoms. The zero-order valence-corrected chi connectivity index (χ0v) is 48.6. The number of H-pyrrole nitrogens is 1. The van der Waals surface area contributed by atoms with Gasteiger partial charge in [0.2, 0.25) is 23.6 Å². The molecule has 3 aromatic rings. The lowest BCUT2D eigenvalue weighted by Gasteiger charge is -2.32. The highest BCUT2D eigenvalue weighted by atomic mass is 16.4. The third-order valence-corrected chi connectivity index (χ3v) is 15.8. The van der Waals surface area contributed by atoms with E-state index in [2.05, 4.69) is 20.9 Å². The van der Waals surface area contributed by atoms with Gasteiger partial charge in [0.05, 0.1) is 29.5 Å². The Morgan fingerprint density at radius 2 is 1.28 bits per heavy atom. The van der Waals surface area contributed by atoms with Crippen molar-refractivity contribution in [3.63, 3.8) is 0 Å². The number of aliphatic carboxylic acids is 1. The number of carboxylic acids is 1. The van der Waals surface area contributed by atoms with Gasteiger partial charge in [-0.15, -0.1) is 0 Å². The molecular formula is C62H92N6O11. The number of aromatic nitrogens is 1. The Bertz CT molecular complexity index is 2550. The second-order valence-electron chi connectivity index (χ2n) is 24.4. The highest BCUT2D eigenvalue weighted by Gasteiger charge is 2.39. The number of nitrogens with two attached hydrogens (primary N) is 1. The minimum absolute atomic E-state index is 0.0154. The first-order chi connectivity index (χ1) is 37.2. The first kappa shape index (κ1) is 65.3. The van der Waals surface area contributed by atoms with Crippen LogP contribution in [-0.2, 0) is 56.0 Å². The van der Waals surface area contributed by atoms with E-state index in [1.807, 2.05) is 77.8 Å². The molecule has 4 amide bonds. The lowest BCUT2D eigenvalue weighted by atomic mass is 9.78. The molecule has 0 unspecified atom stereocenters. The lowest BCUT2D eigenvalue weighted by Crippen LogP contribution is -2.50. The molecule has 17 nitrogen and oxygen atoms in total. The van der Waals surface area contributed by atoms with Gasteiger partial charge < -0.3 is 41.8 Å². The minimum atomic E-state index is -1.26. The number of aromatic amines is 1. The van der Waals surface area contributed by atoms with Gasteiger partial charge in [0.15, 0.2) is 17.3 Å². The zero-order valence-electron chi connectivity index (χ0n) is 48.6. The van der Waals surface area contributed by atoms with Crippen LogP contribution in [0.5, 0.6) is 5.75 Å². The van der Waals surface area contributed by atoms with Crippen molar-refractivity contribution in [2.45, 2.75) is 189 Å².